The van der Waals surface area contributed by atoms with Crippen LogP contribution in [-0.2, 0) is 0 Å². The van der Waals surface area contributed by atoms with Crippen LogP contribution < -0.4 is 5.32 Å². The van der Waals surface area contributed by atoms with Crippen molar-refractivity contribution < 1.29 is 9.21 Å². The Balaban J connectivity index is 1.60. The zero-order chi connectivity index (χ0) is 16.9. The van der Waals surface area contributed by atoms with E-state index in [2.05, 4.69) is 23.2 Å². The summed E-state index contributed by atoms with van der Waals surface area (Å²) in [6.07, 6.45) is 4.12. The van der Waals surface area contributed by atoms with Crippen LogP contribution in [-0.4, -0.2) is 42.5 Å². The Hall–Kier alpha value is -1.79. The Labute approximate surface area is 147 Å². The van der Waals surface area contributed by atoms with Crippen LogP contribution in [0.3, 0.4) is 0 Å². The van der Waals surface area contributed by atoms with E-state index in [4.69, 9.17) is 4.42 Å². The van der Waals surface area contributed by atoms with Crippen LogP contribution in [0.1, 0.15) is 42.5 Å². The van der Waals surface area contributed by atoms with Crippen molar-refractivity contribution in [3.8, 4) is 0 Å². The van der Waals surface area contributed by atoms with Gasteiger partial charge in [-0.15, -0.1) is 11.3 Å². The Bertz CT molecular complexity index is 621. The number of urea groups is 1. The van der Waals surface area contributed by atoms with E-state index in [9.17, 15) is 4.79 Å². The summed E-state index contributed by atoms with van der Waals surface area (Å²) >= 11 is 1.67. The van der Waals surface area contributed by atoms with Gasteiger partial charge in [0, 0.05) is 18.5 Å². The van der Waals surface area contributed by atoms with E-state index in [0.29, 0.717) is 6.54 Å². The van der Waals surface area contributed by atoms with Gasteiger partial charge in [0.1, 0.15) is 5.76 Å². The fourth-order valence-electron chi connectivity index (χ4n) is 3.15. The largest absolute Gasteiger partial charge is 0.468 e. The third-order valence-corrected chi connectivity index (χ3v) is 5.80. The average molecular weight is 347 g/mol. The normalized spacial score (nSPS) is 17.6. The molecule has 1 N–H and O–H groups in total. The number of likely N-dealkylation sites (tertiary alicyclic amines) is 1. The summed E-state index contributed by atoms with van der Waals surface area (Å²) in [5.41, 5.74) is 0. The molecule has 1 fully saturated rings. The number of nitrogens with one attached hydrogen (secondary N) is 1. The smallest absolute Gasteiger partial charge is 0.317 e. The van der Waals surface area contributed by atoms with Gasteiger partial charge in [-0.05, 0) is 56.4 Å². The van der Waals surface area contributed by atoms with Gasteiger partial charge in [-0.3, -0.25) is 4.90 Å². The zero-order valence-electron chi connectivity index (χ0n) is 14.3. The van der Waals surface area contributed by atoms with Crippen LogP contribution >= 0.6 is 11.3 Å². The van der Waals surface area contributed by atoms with Gasteiger partial charge in [0.15, 0.2) is 0 Å². The molecule has 24 heavy (non-hydrogen) atoms. The molecule has 2 amide bonds. The summed E-state index contributed by atoms with van der Waals surface area (Å²) in [4.78, 5) is 17.9. The van der Waals surface area contributed by atoms with Crippen molar-refractivity contribution in [2.45, 2.75) is 31.8 Å². The van der Waals surface area contributed by atoms with Gasteiger partial charge in [-0.1, -0.05) is 6.07 Å². The van der Waals surface area contributed by atoms with Gasteiger partial charge >= 0.3 is 6.03 Å². The third kappa shape index (κ3) is 3.82. The van der Waals surface area contributed by atoms with Crippen molar-refractivity contribution in [3.63, 3.8) is 0 Å². The molecular weight excluding hydrogens is 322 g/mol. The second-order valence-corrected chi connectivity index (χ2v) is 7.24. The predicted molar refractivity (Wildman–Crippen MR) is 96.2 cm³/mol. The molecule has 2 aromatic rings. The van der Waals surface area contributed by atoms with Crippen molar-refractivity contribution >= 4 is 17.4 Å². The van der Waals surface area contributed by atoms with Gasteiger partial charge in [0.25, 0.3) is 0 Å². The zero-order valence-corrected chi connectivity index (χ0v) is 15.1. The molecular formula is C18H25N3O2S. The molecule has 0 radical (unpaired) electrons. The summed E-state index contributed by atoms with van der Waals surface area (Å²) in [5, 5.41) is 5.12. The minimum Gasteiger partial charge on any atom is -0.468 e. The lowest BCUT2D eigenvalue weighted by molar-refractivity contribution is 0.179. The maximum atomic E-state index is 12.5. The van der Waals surface area contributed by atoms with E-state index in [-0.39, 0.29) is 18.1 Å². The van der Waals surface area contributed by atoms with Crippen LogP contribution in [0.5, 0.6) is 0 Å². The summed E-state index contributed by atoms with van der Waals surface area (Å²) in [7, 11) is 1.84. The van der Waals surface area contributed by atoms with E-state index in [0.717, 1.165) is 18.8 Å². The Morgan fingerprint density at radius 1 is 1.38 bits per heavy atom. The highest BCUT2D eigenvalue weighted by Gasteiger charge is 2.27. The summed E-state index contributed by atoms with van der Waals surface area (Å²) in [5.74, 6) is 0.922. The standard InChI is InChI=1S/C18H25N3O2S/c1-14(17-8-6-12-24-17)20(2)18(22)19-13-15(16-7-5-11-23-16)21-9-3-4-10-21/h5-8,11-12,14-15H,3-4,9-10,13H2,1-2H3,(H,19,22). The first-order valence-electron chi connectivity index (χ1n) is 8.48. The number of nitrogens with zero attached hydrogens (tertiary/aromatic N) is 2. The SMILES string of the molecule is CC(c1cccs1)N(C)C(=O)NCC(c1ccco1)N1CCCC1. The van der Waals surface area contributed by atoms with E-state index in [1.165, 1.54) is 17.7 Å². The molecule has 3 rings (SSSR count). The first kappa shape index (κ1) is 17.0. The fourth-order valence-corrected chi connectivity index (χ4v) is 3.97. The molecule has 2 atom stereocenters. The lowest BCUT2D eigenvalue weighted by Gasteiger charge is -2.29. The quantitative estimate of drug-likeness (QED) is 0.863. The Morgan fingerprint density at radius 2 is 2.17 bits per heavy atom. The monoisotopic (exact) mass is 347 g/mol. The lowest BCUT2D eigenvalue weighted by atomic mass is 10.2. The maximum Gasteiger partial charge on any atom is 0.317 e. The number of amides is 2. The van der Waals surface area contributed by atoms with Gasteiger partial charge in [-0.2, -0.15) is 0 Å². The number of rotatable bonds is 6. The van der Waals surface area contributed by atoms with Crippen molar-refractivity contribution in [3.05, 3.63) is 46.5 Å². The van der Waals surface area contributed by atoms with Crippen molar-refractivity contribution in [2.24, 2.45) is 0 Å². The number of hydrogen-bond donors (Lipinski definition) is 1. The Kier molecular flexibility index (Phi) is 5.58. The molecule has 1 aliphatic heterocycles. The summed E-state index contributed by atoms with van der Waals surface area (Å²) in [6.45, 7) is 4.73. The first-order chi connectivity index (χ1) is 11.7. The second kappa shape index (κ2) is 7.85. The lowest BCUT2D eigenvalue weighted by Crippen LogP contribution is -2.43. The van der Waals surface area contributed by atoms with Crippen molar-refractivity contribution in [1.29, 1.82) is 0 Å². The highest BCUT2D eigenvalue weighted by atomic mass is 32.1. The van der Waals surface area contributed by atoms with Crippen molar-refractivity contribution in [1.82, 2.24) is 15.1 Å². The van der Waals surface area contributed by atoms with E-state index in [1.807, 2.05) is 30.6 Å². The summed E-state index contributed by atoms with van der Waals surface area (Å²) in [6, 6.07) is 8.11. The molecule has 1 saturated heterocycles. The molecule has 2 aromatic heterocycles. The van der Waals surface area contributed by atoms with E-state index < -0.39 is 0 Å². The maximum absolute atomic E-state index is 12.5. The third-order valence-electron chi connectivity index (χ3n) is 4.76. The molecule has 0 bridgehead atoms. The highest BCUT2D eigenvalue weighted by Crippen LogP contribution is 2.26. The number of hydrogen-bond acceptors (Lipinski definition) is 4. The predicted octanol–water partition coefficient (Wildman–Crippen LogP) is 3.88. The molecule has 2 unspecified atom stereocenters. The molecule has 0 saturated carbocycles. The Morgan fingerprint density at radius 3 is 2.79 bits per heavy atom. The van der Waals surface area contributed by atoms with Crippen LogP contribution in [0.25, 0.3) is 0 Å². The molecule has 0 aromatic carbocycles. The number of furan rings is 1. The van der Waals surface area contributed by atoms with Crippen LogP contribution in [0.2, 0.25) is 0 Å². The van der Waals surface area contributed by atoms with Gasteiger partial charge < -0.3 is 14.6 Å². The fraction of sp³-hybridized carbons (Fsp3) is 0.500. The number of carbonyl (C=O) groups excluding carboxylic acids is 1. The molecule has 0 spiro atoms. The molecule has 3 heterocycles. The van der Waals surface area contributed by atoms with Crippen LogP contribution in [0.4, 0.5) is 4.79 Å². The van der Waals surface area contributed by atoms with E-state index >= 15 is 0 Å². The molecule has 1 aliphatic rings. The number of thiophene rings is 1. The summed E-state index contributed by atoms with van der Waals surface area (Å²) < 4.78 is 5.60. The second-order valence-electron chi connectivity index (χ2n) is 6.26. The van der Waals surface area contributed by atoms with Crippen molar-refractivity contribution in [2.75, 3.05) is 26.7 Å². The average Bonchev–Trinajstić information content (AvgIpc) is 3.36. The van der Waals surface area contributed by atoms with Crippen LogP contribution in [0, 0.1) is 0 Å². The van der Waals surface area contributed by atoms with E-state index in [1.54, 1.807) is 22.5 Å². The van der Waals surface area contributed by atoms with Gasteiger partial charge in [0.2, 0.25) is 0 Å². The van der Waals surface area contributed by atoms with Gasteiger partial charge in [0.05, 0.1) is 18.3 Å². The molecule has 6 heteroatoms. The highest BCUT2D eigenvalue weighted by molar-refractivity contribution is 7.10. The first-order valence-corrected chi connectivity index (χ1v) is 9.36. The molecule has 5 nitrogen and oxygen atoms in total. The molecule has 0 aliphatic carbocycles. The minimum absolute atomic E-state index is 0.0494. The minimum atomic E-state index is -0.0494. The van der Waals surface area contributed by atoms with Crippen LogP contribution in [0.15, 0.2) is 40.3 Å². The number of carbonyl (C=O) groups is 1. The molecule has 130 valence electrons. The topological polar surface area (TPSA) is 48.7 Å². The van der Waals surface area contributed by atoms with Gasteiger partial charge in [-0.25, -0.2) is 4.79 Å².